The number of ether oxygens (including phenoxy) is 1. The topological polar surface area (TPSA) is 45.7 Å². The van der Waals surface area contributed by atoms with E-state index in [2.05, 4.69) is 29.5 Å². The molecule has 1 aliphatic rings. The van der Waals surface area contributed by atoms with Gasteiger partial charge in [0, 0.05) is 33.9 Å². The van der Waals surface area contributed by atoms with Gasteiger partial charge < -0.3 is 15.4 Å². The molecular formula is C17H36IN3O. The third-order valence-corrected chi connectivity index (χ3v) is 5.07. The van der Waals surface area contributed by atoms with Crippen LogP contribution in [-0.2, 0) is 4.74 Å². The Morgan fingerprint density at radius 2 is 1.82 bits per heavy atom. The number of nitrogens with zero attached hydrogens (tertiary/aromatic N) is 1. The monoisotopic (exact) mass is 425 g/mol. The van der Waals surface area contributed by atoms with Crippen LogP contribution < -0.4 is 10.6 Å². The van der Waals surface area contributed by atoms with Gasteiger partial charge >= 0.3 is 0 Å². The van der Waals surface area contributed by atoms with Gasteiger partial charge in [-0.1, -0.05) is 39.5 Å². The minimum atomic E-state index is 0. The summed E-state index contributed by atoms with van der Waals surface area (Å²) < 4.78 is 5.30. The molecule has 0 aromatic carbocycles. The molecule has 4 nitrogen and oxygen atoms in total. The van der Waals surface area contributed by atoms with Crippen molar-refractivity contribution in [2.75, 3.05) is 33.9 Å². The predicted molar refractivity (Wildman–Crippen MR) is 106 cm³/mol. The lowest BCUT2D eigenvalue weighted by Gasteiger charge is -2.30. The Kier molecular flexibility index (Phi) is 12.4. The second-order valence-electron chi connectivity index (χ2n) is 6.44. The number of hydrogen-bond acceptors (Lipinski definition) is 2. The Morgan fingerprint density at radius 3 is 2.32 bits per heavy atom. The van der Waals surface area contributed by atoms with Gasteiger partial charge in [0.05, 0.1) is 0 Å². The Bertz CT molecular complexity index is 300. The highest BCUT2D eigenvalue weighted by atomic mass is 127. The largest absolute Gasteiger partial charge is 0.385 e. The molecule has 1 rings (SSSR count). The van der Waals surface area contributed by atoms with Crippen LogP contribution in [0.5, 0.6) is 0 Å². The summed E-state index contributed by atoms with van der Waals surface area (Å²) in [6, 6.07) is 0. The van der Waals surface area contributed by atoms with Crippen molar-refractivity contribution in [2.24, 2.45) is 16.3 Å². The summed E-state index contributed by atoms with van der Waals surface area (Å²) in [6.07, 6.45) is 8.92. The molecule has 0 unspecified atom stereocenters. The molecule has 0 aromatic heterocycles. The average molecular weight is 425 g/mol. The van der Waals surface area contributed by atoms with Crippen molar-refractivity contribution in [3.63, 3.8) is 0 Å². The molecule has 5 heteroatoms. The van der Waals surface area contributed by atoms with Crippen molar-refractivity contribution in [1.82, 2.24) is 10.6 Å². The van der Waals surface area contributed by atoms with Gasteiger partial charge in [0.15, 0.2) is 5.96 Å². The lowest BCUT2D eigenvalue weighted by atomic mass is 9.83. The standard InChI is InChI=1S/C17H35N3O.HI/c1-5-15(6-2)13-19-16(18-3)20-14-17(11-12-21-4)9-7-8-10-17;/h15H,5-14H2,1-4H3,(H2,18,19,20);1H. The van der Waals surface area contributed by atoms with Crippen molar-refractivity contribution >= 4 is 29.9 Å². The molecule has 0 aromatic rings. The first-order chi connectivity index (χ1) is 10.2. The maximum Gasteiger partial charge on any atom is 0.191 e. The highest BCUT2D eigenvalue weighted by Gasteiger charge is 2.33. The molecule has 1 aliphatic carbocycles. The predicted octanol–water partition coefficient (Wildman–Crippen LogP) is 3.80. The van der Waals surface area contributed by atoms with Crippen molar-refractivity contribution < 1.29 is 4.74 Å². The van der Waals surface area contributed by atoms with Crippen LogP contribution in [-0.4, -0.2) is 39.8 Å². The van der Waals surface area contributed by atoms with Gasteiger partial charge in [-0.15, -0.1) is 24.0 Å². The van der Waals surface area contributed by atoms with Crippen LogP contribution in [0.3, 0.4) is 0 Å². The summed E-state index contributed by atoms with van der Waals surface area (Å²) in [7, 11) is 3.66. The van der Waals surface area contributed by atoms with E-state index in [-0.39, 0.29) is 24.0 Å². The SMILES string of the molecule is CCC(CC)CNC(=NC)NCC1(CCOC)CCCC1.I. The number of nitrogens with one attached hydrogen (secondary N) is 2. The first-order valence-corrected chi connectivity index (χ1v) is 8.63. The average Bonchev–Trinajstić information content (AvgIpc) is 2.98. The van der Waals surface area contributed by atoms with E-state index in [0.717, 1.165) is 38.0 Å². The van der Waals surface area contributed by atoms with E-state index in [4.69, 9.17) is 4.74 Å². The van der Waals surface area contributed by atoms with Crippen molar-refractivity contribution in [1.29, 1.82) is 0 Å². The number of halogens is 1. The van der Waals surface area contributed by atoms with E-state index >= 15 is 0 Å². The summed E-state index contributed by atoms with van der Waals surface area (Å²) >= 11 is 0. The summed E-state index contributed by atoms with van der Waals surface area (Å²) in [5.41, 5.74) is 0.405. The van der Waals surface area contributed by atoms with E-state index in [1.165, 1.54) is 38.5 Å². The molecule has 22 heavy (non-hydrogen) atoms. The summed E-state index contributed by atoms with van der Waals surface area (Å²) in [5.74, 6) is 1.68. The number of rotatable bonds is 9. The molecule has 0 amide bonds. The number of methoxy groups -OCH3 is 1. The number of guanidine groups is 1. The highest BCUT2D eigenvalue weighted by molar-refractivity contribution is 14.0. The Labute approximate surface area is 154 Å². The molecule has 0 atom stereocenters. The molecule has 1 fully saturated rings. The molecular weight excluding hydrogens is 389 g/mol. The quantitative estimate of drug-likeness (QED) is 0.336. The second-order valence-corrected chi connectivity index (χ2v) is 6.44. The number of aliphatic imine (C=N–C) groups is 1. The van der Waals surface area contributed by atoms with Gasteiger partial charge in [-0.3, -0.25) is 4.99 Å². The third kappa shape index (κ3) is 7.49. The first-order valence-electron chi connectivity index (χ1n) is 8.63. The zero-order valence-electron chi connectivity index (χ0n) is 14.9. The van der Waals surface area contributed by atoms with Crippen LogP contribution in [0.2, 0.25) is 0 Å². The first kappa shape index (κ1) is 22.0. The van der Waals surface area contributed by atoms with E-state index in [9.17, 15) is 0 Å². The minimum Gasteiger partial charge on any atom is -0.385 e. The zero-order chi connectivity index (χ0) is 15.6. The van der Waals surface area contributed by atoms with E-state index < -0.39 is 0 Å². The van der Waals surface area contributed by atoms with Crippen molar-refractivity contribution in [3.05, 3.63) is 0 Å². The normalized spacial score (nSPS) is 17.4. The van der Waals surface area contributed by atoms with Crippen LogP contribution in [0.15, 0.2) is 4.99 Å². The van der Waals surface area contributed by atoms with Gasteiger partial charge in [0.2, 0.25) is 0 Å². The van der Waals surface area contributed by atoms with Gasteiger partial charge in [-0.25, -0.2) is 0 Å². The second kappa shape index (κ2) is 12.4. The molecule has 1 saturated carbocycles. The maximum atomic E-state index is 5.30. The third-order valence-electron chi connectivity index (χ3n) is 5.07. The molecule has 0 aliphatic heterocycles. The van der Waals surface area contributed by atoms with Crippen molar-refractivity contribution in [2.45, 2.75) is 58.8 Å². The van der Waals surface area contributed by atoms with Gasteiger partial charge in [-0.2, -0.15) is 0 Å². The van der Waals surface area contributed by atoms with Crippen molar-refractivity contribution in [3.8, 4) is 0 Å². The van der Waals surface area contributed by atoms with Crippen LogP contribution >= 0.6 is 24.0 Å². The van der Waals surface area contributed by atoms with E-state index in [1.807, 2.05) is 7.05 Å². The summed E-state index contributed by atoms with van der Waals surface area (Å²) in [6.45, 7) is 7.40. The van der Waals surface area contributed by atoms with Gasteiger partial charge in [0.1, 0.15) is 0 Å². The van der Waals surface area contributed by atoms with Crippen LogP contribution in [0.4, 0.5) is 0 Å². The fourth-order valence-electron chi connectivity index (χ4n) is 3.27. The van der Waals surface area contributed by atoms with E-state index in [1.54, 1.807) is 7.11 Å². The maximum absolute atomic E-state index is 5.30. The van der Waals surface area contributed by atoms with Gasteiger partial charge in [-0.05, 0) is 30.6 Å². The lowest BCUT2D eigenvalue weighted by Crippen LogP contribution is -2.44. The van der Waals surface area contributed by atoms with Crippen LogP contribution in [0, 0.1) is 11.3 Å². The summed E-state index contributed by atoms with van der Waals surface area (Å²) in [4.78, 5) is 4.36. The molecule has 0 heterocycles. The molecule has 2 N–H and O–H groups in total. The Balaban J connectivity index is 0.00000441. The highest BCUT2D eigenvalue weighted by Crippen LogP contribution is 2.40. The summed E-state index contributed by atoms with van der Waals surface area (Å²) in [5, 5.41) is 7.02. The smallest absolute Gasteiger partial charge is 0.191 e. The molecule has 0 saturated heterocycles. The Morgan fingerprint density at radius 1 is 1.18 bits per heavy atom. The van der Waals surface area contributed by atoms with Crippen LogP contribution in [0.1, 0.15) is 58.8 Å². The molecule has 0 radical (unpaired) electrons. The Hall–Kier alpha value is -0.0400. The number of hydrogen-bond donors (Lipinski definition) is 2. The fraction of sp³-hybridized carbons (Fsp3) is 0.941. The lowest BCUT2D eigenvalue weighted by molar-refractivity contribution is 0.138. The van der Waals surface area contributed by atoms with Gasteiger partial charge in [0.25, 0.3) is 0 Å². The van der Waals surface area contributed by atoms with E-state index in [0.29, 0.717) is 5.41 Å². The fourth-order valence-corrected chi connectivity index (χ4v) is 3.27. The molecule has 0 spiro atoms. The molecule has 132 valence electrons. The van der Waals surface area contributed by atoms with Crippen LogP contribution in [0.25, 0.3) is 0 Å². The molecule has 0 bridgehead atoms. The minimum absolute atomic E-state index is 0. The zero-order valence-corrected chi connectivity index (χ0v) is 17.2.